The average molecular weight is 417 g/mol. The fraction of sp³-hybridized carbons (Fsp3) is 0.333. The molecule has 0 saturated heterocycles. The lowest BCUT2D eigenvalue weighted by molar-refractivity contribution is 0.0584. The van der Waals surface area contributed by atoms with Gasteiger partial charge in [0, 0.05) is 47.2 Å². The van der Waals surface area contributed by atoms with Crippen LogP contribution in [0.15, 0.2) is 28.7 Å². The third-order valence-corrected chi connectivity index (χ3v) is 5.23. The van der Waals surface area contributed by atoms with Crippen LogP contribution in [0, 0.1) is 0 Å². The van der Waals surface area contributed by atoms with Crippen LogP contribution in [0.1, 0.15) is 20.7 Å². The predicted octanol–water partition coefficient (Wildman–Crippen LogP) is 0.279. The minimum Gasteiger partial charge on any atom is -0.395 e. The Labute approximate surface area is 160 Å². The van der Waals surface area contributed by atoms with Crippen molar-refractivity contribution in [3.63, 3.8) is 0 Å². The first kappa shape index (κ1) is 19.0. The van der Waals surface area contributed by atoms with Gasteiger partial charge in [0.15, 0.2) is 0 Å². The van der Waals surface area contributed by atoms with Crippen molar-refractivity contribution < 1.29 is 19.8 Å². The molecule has 0 bridgehead atoms. The van der Waals surface area contributed by atoms with E-state index in [0.717, 1.165) is 4.47 Å². The largest absolute Gasteiger partial charge is 0.395 e. The Morgan fingerprint density at radius 3 is 2.08 bits per heavy atom. The van der Waals surface area contributed by atoms with Gasteiger partial charge >= 0.3 is 0 Å². The highest BCUT2D eigenvalue weighted by atomic mass is 79.9. The summed E-state index contributed by atoms with van der Waals surface area (Å²) in [5.74, 6) is -0.725. The molecule has 2 aromatic rings. The molecule has 0 atom stereocenters. The molecule has 1 heterocycles. The number of benzene rings is 2. The molecule has 2 radical (unpaired) electrons. The van der Waals surface area contributed by atoms with Crippen molar-refractivity contribution >= 4 is 51.8 Å². The summed E-state index contributed by atoms with van der Waals surface area (Å²) < 4.78 is 0.738. The van der Waals surface area contributed by atoms with Crippen molar-refractivity contribution in [3.05, 3.63) is 39.9 Å². The van der Waals surface area contributed by atoms with E-state index in [2.05, 4.69) is 15.9 Å². The highest BCUT2D eigenvalue weighted by Gasteiger charge is 2.33. The van der Waals surface area contributed by atoms with E-state index < -0.39 is 0 Å². The van der Waals surface area contributed by atoms with E-state index in [1.54, 1.807) is 29.2 Å². The number of hydrogen-bond acceptors (Lipinski definition) is 5. The fourth-order valence-corrected chi connectivity index (χ4v) is 3.84. The van der Waals surface area contributed by atoms with Crippen molar-refractivity contribution in [2.75, 3.05) is 39.4 Å². The third-order valence-electron chi connectivity index (χ3n) is 4.57. The van der Waals surface area contributed by atoms with Crippen LogP contribution in [0.4, 0.5) is 0 Å². The van der Waals surface area contributed by atoms with E-state index in [-0.39, 0.29) is 31.6 Å². The first-order valence-corrected chi connectivity index (χ1v) is 9.09. The topological polar surface area (TPSA) is 81.1 Å². The number of aliphatic hydroxyl groups excluding tert-OH is 2. The average Bonchev–Trinajstić information content (AvgIpc) is 2.61. The highest BCUT2D eigenvalue weighted by molar-refractivity contribution is 9.10. The fourth-order valence-electron chi connectivity index (χ4n) is 3.28. The molecule has 8 heteroatoms. The molecule has 26 heavy (non-hydrogen) atoms. The van der Waals surface area contributed by atoms with Gasteiger partial charge in [-0.25, -0.2) is 0 Å². The molecule has 0 aromatic heterocycles. The molecule has 6 nitrogen and oxygen atoms in total. The Balaban J connectivity index is 1.95. The van der Waals surface area contributed by atoms with Gasteiger partial charge in [0.2, 0.25) is 0 Å². The summed E-state index contributed by atoms with van der Waals surface area (Å²) >= 11 is 3.44. The molecule has 2 N–H and O–H groups in total. The molecule has 1 aliphatic rings. The molecule has 2 aromatic carbocycles. The second-order valence-corrected chi connectivity index (χ2v) is 6.95. The van der Waals surface area contributed by atoms with Gasteiger partial charge in [-0.15, -0.1) is 0 Å². The van der Waals surface area contributed by atoms with E-state index in [4.69, 9.17) is 18.1 Å². The SMILES string of the molecule is [B]c1ccc2c3c(ccc(Br)c13)C(=O)N(CCN(CCO)CCO)C2=O. The number of aliphatic hydroxyl groups is 2. The lowest BCUT2D eigenvalue weighted by atomic mass is 9.84. The van der Waals surface area contributed by atoms with Gasteiger partial charge < -0.3 is 10.2 Å². The molecule has 0 fully saturated rings. The molecular formula is C18H18BBrN2O4. The summed E-state index contributed by atoms with van der Waals surface area (Å²) in [6, 6.07) is 6.76. The number of nitrogens with zero attached hydrogens (tertiary/aromatic N) is 2. The Bertz CT molecular complexity index is 811. The molecule has 0 aliphatic carbocycles. The van der Waals surface area contributed by atoms with E-state index in [9.17, 15) is 9.59 Å². The minimum absolute atomic E-state index is 0.0582. The molecule has 3 rings (SSSR count). The van der Waals surface area contributed by atoms with Crippen molar-refractivity contribution in [3.8, 4) is 0 Å². The summed E-state index contributed by atoms with van der Waals surface area (Å²) in [6.07, 6.45) is 0. The van der Waals surface area contributed by atoms with Gasteiger partial charge in [-0.2, -0.15) is 0 Å². The molecular weight excluding hydrogens is 399 g/mol. The number of amides is 2. The number of hydrogen-bond donors (Lipinski definition) is 2. The number of carbonyl (C=O) groups is 2. The maximum atomic E-state index is 12.9. The Kier molecular flexibility index (Phi) is 5.77. The summed E-state index contributed by atoms with van der Waals surface area (Å²) in [4.78, 5) is 28.8. The zero-order valence-electron chi connectivity index (χ0n) is 14.1. The van der Waals surface area contributed by atoms with Crippen molar-refractivity contribution in [2.45, 2.75) is 0 Å². The molecule has 0 spiro atoms. The van der Waals surface area contributed by atoms with Crippen LogP contribution in [0.25, 0.3) is 10.8 Å². The van der Waals surface area contributed by atoms with Crippen LogP contribution in [-0.4, -0.2) is 79.1 Å². The van der Waals surface area contributed by atoms with E-state index in [1.165, 1.54) is 4.90 Å². The predicted molar refractivity (Wildman–Crippen MR) is 103 cm³/mol. The first-order chi connectivity index (χ1) is 12.5. The van der Waals surface area contributed by atoms with E-state index in [0.29, 0.717) is 47.0 Å². The second kappa shape index (κ2) is 7.88. The zero-order valence-corrected chi connectivity index (χ0v) is 15.7. The van der Waals surface area contributed by atoms with Crippen molar-refractivity contribution in [2.24, 2.45) is 0 Å². The highest BCUT2D eigenvalue weighted by Crippen LogP contribution is 2.33. The summed E-state index contributed by atoms with van der Waals surface area (Å²) in [6.45, 7) is 1.18. The van der Waals surface area contributed by atoms with Gasteiger partial charge in [-0.3, -0.25) is 19.4 Å². The normalized spacial score (nSPS) is 13.9. The van der Waals surface area contributed by atoms with Crippen molar-refractivity contribution in [1.82, 2.24) is 9.80 Å². The van der Waals surface area contributed by atoms with Crippen LogP contribution in [-0.2, 0) is 0 Å². The zero-order chi connectivity index (χ0) is 18.8. The van der Waals surface area contributed by atoms with Gasteiger partial charge in [0.1, 0.15) is 7.85 Å². The Hall–Kier alpha value is -1.74. The second-order valence-electron chi connectivity index (χ2n) is 6.10. The number of rotatable bonds is 7. The molecule has 2 amide bonds. The monoisotopic (exact) mass is 416 g/mol. The number of halogens is 1. The van der Waals surface area contributed by atoms with Gasteiger partial charge in [0.05, 0.1) is 13.2 Å². The van der Waals surface area contributed by atoms with Gasteiger partial charge in [-0.05, 0) is 23.6 Å². The molecule has 1 aliphatic heterocycles. The van der Waals surface area contributed by atoms with Crippen LogP contribution in [0.2, 0.25) is 0 Å². The van der Waals surface area contributed by atoms with Crippen LogP contribution < -0.4 is 5.46 Å². The number of imide groups is 1. The lowest BCUT2D eigenvalue weighted by Crippen LogP contribution is -2.45. The summed E-state index contributed by atoms with van der Waals surface area (Å²) in [7, 11) is 6.04. The third kappa shape index (κ3) is 3.30. The van der Waals surface area contributed by atoms with Crippen LogP contribution in [0.5, 0.6) is 0 Å². The number of carbonyl (C=O) groups excluding carboxylic acids is 2. The standard InChI is InChI=1S/C18H18BBrN2O4/c19-13-3-1-11-15-12(2-4-14(20)16(13)15)18(26)22(17(11)25)6-5-21(7-9-23)8-10-24/h1-4,23-24H,5-10H2. The summed E-state index contributed by atoms with van der Waals surface area (Å²) in [5, 5.41) is 19.4. The van der Waals surface area contributed by atoms with Crippen LogP contribution in [0.3, 0.4) is 0 Å². The first-order valence-electron chi connectivity index (χ1n) is 8.30. The lowest BCUT2D eigenvalue weighted by Gasteiger charge is -2.30. The maximum absolute atomic E-state index is 12.9. The minimum atomic E-state index is -0.362. The summed E-state index contributed by atoms with van der Waals surface area (Å²) in [5.41, 5.74) is 1.39. The van der Waals surface area contributed by atoms with Crippen LogP contribution >= 0.6 is 15.9 Å². The van der Waals surface area contributed by atoms with Gasteiger partial charge in [0.25, 0.3) is 11.8 Å². The van der Waals surface area contributed by atoms with E-state index >= 15 is 0 Å². The van der Waals surface area contributed by atoms with Crippen molar-refractivity contribution in [1.29, 1.82) is 0 Å². The smallest absolute Gasteiger partial charge is 0.261 e. The van der Waals surface area contributed by atoms with E-state index in [1.807, 2.05) is 0 Å². The molecule has 134 valence electrons. The maximum Gasteiger partial charge on any atom is 0.261 e. The molecule has 0 unspecified atom stereocenters. The Morgan fingerprint density at radius 2 is 1.50 bits per heavy atom. The molecule has 0 saturated carbocycles. The Morgan fingerprint density at radius 1 is 0.923 bits per heavy atom. The van der Waals surface area contributed by atoms with Gasteiger partial charge in [-0.1, -0.05) is 27.5 Å². The quantitative estimate of drug-likeness (QED) is 0.500.